The molecular weight excluding hydrogens is 258 g/mol. The van der Waals surface area contributed by atoms with Crippen LogP contribution in [-0.2, 0) is 12.8 Å². The van der Waals surface area contributed by atoms with E-state index in [1.54, 1.807) is 0 Å². The molecule has 0 fully saturated rings. The van der Waals surface area contributed by atoms with Crippen LogP contribution in [0.25, 0.3) is 0 Å². The molecule has 1 atom stereocenters. The molecular formula is C18H27N3. The zero-order chi connectivity index (χ0) is 15.2. The predicted octanol–water partition coefficient (Wildman–Crippen LogP) is 4.05. The first-order chi connectivity index (χ1) is 10.2. The molecule has 2 rings (SSSR count). The molecule has 3 nitrogen and oxygen atoms in total. The lowest BCUT2D eigenvalue weighted by molar-refractivity contribution is 0.424. The van der Waals surface area contributed by atoms with Gasteiger partial charge in [-0.2, -0.15) is 5.10 Å². The van der Waals surface area contributed by atoms with Crippen molar-refractivity contribution in [1.29, 1.82) is 0 Å². The van der Waals surface area contributed by atoms with E-state index in [1.807, 2.05) is 0 Å². The van der Waals surface area contributed by atoms with Crippen LogP contribution in [0.1, 0.15) is 62.5 Å². The van der Waals surface area contributed by atoms with Crippen LogP contribution in [0.2, 0.25) is 0 Å². The third kappa shape index (κ3) is 3.94. The fourth-order valence-electron chi connectivity index (χ4n) is 2.70. The van der Waals surface area contributed by atoms with Crippen LogP contribution < -0.4 is 5.73 Å². The Morgan fingerprint density at radius 2 is 1.71 bits per heavy atom. The molecule has 0 spiro atoms. The van der Waals surface area contributed by atoms with Crippen LogP contribution in [0.3, 0.4) is 0 Å². The third-order valence-electron chi connectivity index (χ3n) is 4.23. The summed E-state index contributed by atoms with van der Waals surface area (Å²) in [6.45, 7) is 6.58. The highest BCUT2D eigenvalue weighted by Crippen LogP contribution is 2.19. The smallest absolute Gasteiger partial charge is 0.0643 e. The Balaban J connectivity index is 2.03. The fraction of sp³-hybridized carbons (Fsp3) is 0.500. The number of aromatic nitrogens is 2. The van der Waals surface area contributed by atoms with Gasteiger partial charge in [0.2, 0.25) is 0 Å². The van der Waals surface area contributed by atoms with Crippen molar-refractivity contribution in [2.75, 3.05) is 0 Å². The monoisotopic (exact) mass is 285 g/mol. The van der Waals surface area contributed by atoms with E-state index in [4.69, 9.17) is 5.73 Å². The lowest BCUT2D eigenvalue weighted by atomic mass is 10.0. The highest BCUT2D eigenvalue weighted by Gasteiger charge is 2.12. The largest absolute Gasteiger partial charge is 0.324 e. The van der Waals surface area contributed by atoms with E-state index in [2.05, 4.69) is 67.1 Å². The van der Waals surface area contributed by atoms with E-state index in [1.165, 1.54) is 11.1 Å². The quantitative estimate of drug-likeness (QED) is 0.834. The number of benzene rings is 1. The molecule has 3 heteroatoms. The molecule has 0 radical (unpaired) electrons. The van der Waals surface area contributed by atoms with Crippen LogP contribution in [-0.4, -0.2) is 9.78 Å². The first-order valence-corrected chi connectivity index (χ1v) is 8.06. The van der Waals surface area contributed by atoms with Crippen LogP contribution in [0.5, 0.6) is 0 Å². The summed E-state index contributed by atoms with van der Waals surface area (Å²) in [5, 5.41) is 4.69. The zero-order valence-electron chi connectivity index (χ0n) is 13.4. The van der Waals surface area contributed by atoms with Gasteiger partial charge in [0.25, 0.3) is 0 Å². The van der Waals surface area contributed by atoms with Crippen molar-refractivity contribution in [2.45, 2.75) is 58.5 Å². The number of hydrogen-bond acceptors (Lipinski definition) is 2. The Morgan fingerprint density at radius 1 is 1.05 bits per heavy atom. The van der Waals surface area contributed by atoms with E-state index in [9.17, 15) is 0 Å². The summed E-state index contributed by atoms with van der Waals surface area (Å²) in [5.41, 5.74) is 9.93. The van der Waals surface area contributed by atoms with Crippen LogP contribution in [0, 0.1) is 0 Å². The van der Waals surface area contributed by atoms with E-state index in [0.717, 1.165) is 31.4 Å². The number of nitrogens with zero attached hydrogens (tertiary/aromatic N) is 2. The van der Waals surface area contributed by atoms with Gasteiger partial charge in [0.05, 0.1) is 11.7 Å². The highest BCUT2D eigenvalue weighted by atomic mass is 15.3. The van der Waals surface area contributed by atoms with Gasteiger partial charge in [-0.1, -0.05) is 45.0 Å². The van der Waals surface area contributed by atoms with Gasteiger partial charge in [0.1, 0.15) is 0 Å². The van der Waals surface area contributed by atoms with Crippen molar-refractivity contribution in [2.24, 2.45) is 5.73 Å². The van der Waals surface area contributed by atoms with Crippen molar-refractivity contribution < 1.29 is 0 Å². The third-order valence-corrected chi connectivity index (χ3v) is 4.23. The Kier molecular flexibility index (Phi) is 5.57. The van der Waals surface area contributed by atoms with Gasteiger partial charge in [-0.25, -0.2) is 0 Å². The molecule has 0 aliphatic rings. The molecule has 0 saturated heterocycles. The average molecular weight is 285 g/mol. The van der Waals surface area contributed by atoms with Crippen molar-refractivity contribution in [3.8, 4) is 0 Å². The van der Waals surface area contributed by atoms with Gasteiger partial charge in [-0.15, -0.1) is 0 Å². The molecule has 1 aromatic heterocycles. The molecule has 2 N–H and O–H groups in total. The van der Waals surface area contributed by atoms with E-state index >= 15 is 0 Å². The van der Waals surface area contributed by atoms with Gasteiger partial charge >= 0.3 is 0 Å². The second-order valence-corrected chi connectivity index (χ2v) is 5.66. The second kappa shape index (κ2) is 7.41. The molecule has 0 amide bonds. The maximum Gasteiger partial charge on any atom is 0.0643 e. The maximum atomic E-state index is 6.32. The molecule has 0 saturated carbocycles. The van der Waals surface area contributed by atoms with Gasteiger partial charge < -0.3 is 5.73 Å². The number of aryl methyl sites for hydroxylation is 1. The molecule has 114 valence electrons. The molecule has 1 heterocycles. The van der Waals surface area contributed by atoms with Crippen molar-refractivity contribution in [1.82, 2.24) is 9.78 Å². The van der Waals surface area contributed by atoms with Crippen LogP contribution in [0.15, 0.2) is 36.5 Å². The lowest BCUT2D eigenvalue weighted by Crippen LogP contribution is -2.14. The van der Waals surface area contributed by atoms with E-state index in [-0.39, 0.29) is 6.04 Å². The average Bonchev–Trinajstić information content (AvgIpc) is 2.97. The fourth-order valence-corrected chi connectivity index (χ4v) is 2.70. The minimum Gasteiger partial charge on any atom is -0.324 e. The molecule has 1 aromatic carbocycles. The van der Waals surface area contributed by atoms with Crippen molar-refractivity contribution >= 4 is 0 Å². The molecule has 1 unspecified atom stereocenters. The topological polar surface area (TPSA) is 43.8 Å². The maximum absolute atomic E-state index is 6.32. The predicted molar refractivity (Wildman–Crippen MR) is 88.3 cm³/mol. The first-order valence-electron chi connectivity index (χ1n) is 8.06. The van der Waals surface area contributed by atoms with Crippen LogP contribution in [0.4, 0.5) is 0 Å². The Morgan fingerprint density at radius 3 is 2.29 bits per heavy atom. The van der Waals surface area contributed by atoms with Gasteiger partial charge in [0, 0.05) is 18.7 Å². The molecule has 0 aliphatic heterocycles. The van der Waals surface area contributed by atoms with Crippen molar-refractivity contribution in [3.05, 3.63) is 53.3 Å². The van der Waals surface area contributed by atoms with Gasteiger partial charge in [0.15, 0.2) is 0 Å². The first kappa shape index (κ1) is 15.8. The minimum absolute atomic E-state index is 0.0148. The van der Waals surface area contributed by atoms with Gasteiger partial charge in [-0.3, -0.25) is 4.68 Å². The number of hydrogen-bond donors (Lipinski definition) is 1. The summed E-state index contributed by atoms with van der Waals surface area (Å²) in [6.07, 6.45) is 6.16. The van der Waals surface area contributed by atoms with Crippen molar-refractivity contribution in [3.63, 3.8) is 0 Å². The Hall–Kier alpha value is -1.61. The number of nitrogens with two attached hydrogens (primary N) is 1. The summed E-state index contributed by atoms with van der Waals surface area (Å²) >= 11 is 0. The molecule has 21 heavy (non-hydrogen) atoms. The molecule has 2 aromatic rings. The SMILES string of the molecule is CCc1ccc(C(N)Cc2ccn(C(CC)CC)n2)cc1. The normalized spacial score (nSPS) is 12.8. The zero-order valence-corrected chi connectivity index (χ0v) is 13.4. The molecule has 0 bridgehead atoms. The Bertz CT molecular complexity index is 538. The lowest BCUT2D eigenvalue weighted by Gasteiger charge is -2.13. The summed E-state index contributed by atoms with van der Waals surface area (Å²) < 4.78 is 2.09. The Labute approximate surface area is 128 Å². The summed E-state index contributed by atoms with van der Waals surface area (Å²) in [6, 6.07) is 11.2. The minimum atomic E-state index is 0.0148. The van der Waals surface area contributed by atoms with E-state index < -0.39 is 0 Å². The molecule has 0 aliphatic carbocycles. The van der Waals surface area contributed by atoms with E-state index in [0.29, 0.717) is 6.04 Å². The highest BCUT2D eigenvalue weighted by molar-refractivity contribution is 5.25. The summed E-state index contributed by atoms with van der Waals surface area (Å²) in [4.78, 5) is 0. The standard InChI is InChI=1S/C18H27N3/c1-4-14-7-9-15(10-8-14)18(19)13-16-11-12-21(20-16)17(5-2)6-3/h7-12,17-18H,4-6,13,19H2,1-3H3. The summed E-state index contributed by atoms with van der Waals surface area (Å²) in [5.74, 6) is 0. The van der Waals surface area contributed by atoms with Crippen LogP contribution >= 0.6 is 0 Å². The van der Waals surface area contributed by atoms with Gasteiger partial charge in [-0.05, 0) is 36.5 Å². The summed E-state index contributed by atoms with van der Waals surface area (Å²) in [7, 11) is 0. The number of rotatable bonds is 7. The second-order valence-electron chi connectivity index (χ2n) is 5.66.